The number of carbonyl (C=O) groups excluding carboxylic acids is 1. The van der Waals surface area contributed by atoms with E-state index in [1.165, 1.54) is 6.21 Å². The van der Waals surface area contributed by atoms with Crippen LogP contribution in [0.3, 0.4) is 0 Å². The SMILES string of the molecule is O=C(N/N=C/c1ccc(O)cc1)c1cccc(Br)c1. The molecule has 5 heteroatoms. The summed E-state index contributed by atoms with van der Waals surface area (Å²) < 4.78 is 0.836. The summed E-state index contributed by atoms with van der Waals surface area (Å²) in [6.07, 6.45) is 1.51. The van der Waals surface area contributed by atoms with Crippen molar-refractivity contribution in [3.05, 3.63) is 64.1 Å². The van der Waals surface area contributed by atoms with Gasteiger partial charge in [0.1, 0.15) is 5.75 Å². The number of amides is 1. The van der Waals surface area contributed by atoms with Gasteiger partial charge < -0.3 is 5.11 Å². The highest BCUT2D eigenvalue weighted by Gasteiger charge is 2.03. The van der Waals surface area contributed by atoms with Crippen molar-refractivity contribution in [3.63, 3.8) is 0 Å². The number of aromatic hydroxyl groups is 1. The molecular weight excluding hydrogens is 308 g/mol. The second-order valence-corrected chi connectivity index (χ2v) is 4.72. The number of hydrogen-bond acceptors (Lipinski definition) is 3. The maximum Gasteiger partial charge on any atom is 0.271 e. The molecule has 0 saturated heterocycles. The largest absolute Gasteiger partial charge is 0.508 e. The van der Waals surface area contributed by atoms with Gasteiger partial charge in [-0.1, -0.05) is 22.0 Å². The molecule has 0 aliphatic rings. The third-order valence-corrected chi connectivity index (χ3v) is 2.85. The van der Waals surface area contributed by atoms with Crippen molar-refractivity contribution in [2.24, 2.45) is 5.10 Å². The number of nitrogens with one attached hydrogen (secondary N) is 1. The van der Waals surface area contributed by atoms with E-state index in [1.54, 1.807) is 42.5 Å². The smallest absolute Gasteiger partial charge is 0.271 e. The molecule has 2 aromatic carbocycles. The van der Waals surface area contributed by atoms with Crippen LogP contribution in [0.25, 0.3) is 0 Å². The van der Waals surface area contributed by atoms with Gasteiger partial charge in [0.25, 0.3) is 5.91 Å². The summed E-state index contributed by atoms with van der Waals surface area (Å²) in [7, 11) is 0. The van der Waals surface area contributed by atoms with E-state index in [1.807, 2.05) is 6.07 Å². The van der Waals surface area contributed by atoms with Crippen LogP contribution < -0.4 is 5.43 Å². The van der Waals surface area contributed by atoms with E-state index in [2.05, 4.69) is 26.5 Å². The minimum Gasteiger partial charge on any atom is -0.508 e. The summed E-state index contributed by atoms with van der Waals surface area (Å²) in [6.45, 7) is 0. The Morgan fingerprint density at radius 1 is 1.21 bits per heavy atom. The molecular formula is C14H11BrN2O2. The fourth-order valence-electron chi connectivity index (χ4n) is 1.42. The number of carbonyl (C=O) groups is 1. The third-order valence-electron chi connectivity index (χ3n) is 2.36. The first-order valence-corrected chi connectivity index (χ1v) is 6.32. The van der Waals surface area contributed by atoms with Crippen LogP contribution in [-0.4, -0.2) is 17.2 Å². The molecule has 0 spiro atoms. The van der Waals surface area contributed by atoms with Crippen molar-refractivity contribution in [2.75, 3.05) is 0 Å². The molecule has 0 radical (unpaired) electrons. The number of rotatable bonds is 3. The number of phenolic OH excluding ortho intramolecular Hbond substituents is 1. The average molecular weight is 319 g/mol. The second kappa shape index (κ2) is 6.15. The minimum atomic E-state index is -0.281. The maximum absolute atomic E-state index is 11.8. The van der Waals surface area contributed by atoms with Gasteiger partial charge in [-0.05, 0) is 48.0 Å². The van der Waals surface area contributed by atoms with E-state index in [9.17, 15) is 4.79 Å². The molecule has 0 atom stereocenters. The maximum atomic E-state index is 11.8. The Bertz CT molecular complexity index is 609. The molecule has 2 aromatic rings. The van der Waals surface area contributed by atoms with Gasteiger partial charge in [-0.3, -0.25) is 4.79 Å². The van der Waals surface area contributed by atoms with Crippen molar-refractivity contribution in [2.45, 2.75) is 0 Å². The predicted octanol–water partition coefficient (Wildman–Crippen LogP) is 2.92. The zero-order chi connectivity index (χ0) is 13.7. The lowest BCUT2D eigenvalue weighted by atomic mass is 10.2. The molecule has 0 fully saturated rings. The molecule has 0 aliphatic heterocycles. The Morgan fingerprint density at radius 3 is 2.63 bits per heavy atom. The number of halogens is 1. The average Bonchev–Trinajstić information content (AvgIpc) is 2.41. The summed E-state index contributed by atoms with van der Waals surface area (Å²) in [4.78, 5) is 11.8. The van der Waals surface area contributed by atoms with Gasteiger partial charge in [-0.2, -0.15) is 5.10 Å². The molecule has 0 saturated carbocycles. The number of hydrogen-bond donors (Lipinski definition) is 2. The van der Waals surface area contributed by atoms with Gasteiger partial charge >= 0.3 is 0 Å². The zero-order valence-electron chi connectivity index (χ0n) is 9.88. The van der Waals surface area contributed by atoms with Gasteiger partial charge in [0.15, 0.2) is 0 Å². The Balaban J connectivity index is 1.98. The lowest BCUT2D eigenvalue weighted by Crippen LogP contribution is -2.17. The summed E-state index contributed by atoms with van der Waals surface area (Å²) in [5.74, 6) is -0.0911. The van der Waals surface area contributed by atoms with Crippen LogP contribution >= 0.6 is 15.9 Å². The van der Waals surface area contributed by atoms with E-state index in [0.717, 1.165) is 10.0 Å². The molecule has 0 bridgehead atoms. The summed E-state index contributed by atoms with van der Waals surface area (Å²) in [5, 5.41) is 13.0. The van der Waals surface area contributed by atoms with Crippen molar-refractivity contribution in [3.8, 4) is 5.75 Å². The molecule has 0 aromatic heterocycles. The van der Waals surface area contributed by atoms with Crippen molar-refractivity contribution in [1.29, 1.82) is 0 Å². The lowest BCUT2D eigenvalue weighted by molar-refractivity contribution is 0.0955. The van der Waals surface area contributed by atoms with E-state index in [-0.39, 0.29) is 11.7 Å². The van der Waals surface area contributed by atoms with Crippen LogP contribution in [0.15, 0.2) is 58.1 Å². The Kier molecular flexibility index (Phi) is 4.30. The molecule has 0 unspecified atom stereocenters. The first-order valence-electron chi connectivity index (χ1n) is 5.53. The van der Waals surface area contributed by atoms with Crippen LogP contribution in [0.2, 0.25) is 0 Å². The highest BCUT2D eigenvalue weighted by molar-refractivity contribution is 9.10. The zero-order valence-corrected chi connectivity index (χ0v) is 11.5. The normalized spacial score (nSPS) is 10.6. The standard InChI is InChI=1S/C14H11BrN2O2/c15-12-3-1-2-11(8-12)14(19)17-16-9-10-4-6-13(18)7-5-10/h1-9,18H,(H,17,19)/b16-9+. The fourth-order valence-corrected chi connectivity index (χ4v) is 1.82. The van der Waals surface area contributed by atoms with Crippen molar-refractivity contribution >= 4 is 28.1 Å². The fraction of sp³-hybridized carbons (Fsp3) is 0. The van der Waals surface area contributed by atoms with Crippen molar-refractivity contribution < 1.29 is 9.90 Å². The van der Waals surface area contributed by atoms with Crippen LogP contribution in [-0.2, 0) is 0 Å². The molecule has 4 nitrogen and oxygen atoms in total. The van der Waals surface area contributed by atoms with E-state index in [4.69, 9.17) is 5.11 Å². The van der Waals surface area contributed by atoms with Crippen molar-refractivity contribution in [1.82, 2.24) is 5.43 Å². The molecule has 1 amide bonds. The first kappa shape index (κ1) is 13.3. The summed E-state index contributed by atoms with van der Waals surface area (Å²) in [6, 6.07) is 13.5. The first-order chi connectivity index (χ1) is 9.15. The Labute approximate surface area is 118 Å². The van der Waals surface area contributed by atoms with Gasteiger partial charge in [-0.15, -0.1) is 0 Å². The Hall–Kier alpha value is -2.14. The lowest BCUT2D eigenvalue weighted by Gasteiger charge is -2.00. The molecule has 96 valence electrons. The third kappa shape index (κ3) is 3.93. The number of phenols is 1. The molecule has 19 heavy (non-hydrogen) atoms. The second-order valence-electron chi connectivity index (χ2n) is 3.80. The van der Waals surface area contributed by atoms with Gasteiger partial charge in [-0.25, -0.2) is 5.43 Å². The number of nitrogens with zero attached hydrogens (tertiary/aromatic N) is 1. The monoisotopic (exact) mass is 318 g/mol. The minimum absolute atomic E-state index is 0.190. The van der Waals surface area contributed by atoms with Crippen LogP contribution in [0.5, 0.6) is 5.75 Å². The van der Waals surface area contributed by atoms with Gasteiger partial charge in [0, 0.05) is 10.0 Å². The number of hydrazone groups is 1. The van der Waals surface area contributed by atoms with Crippen LogP contribution in [0.1, 0.15) is 15.9 Å². The highest BCUT2D eigenvalue weighted by atomic mass is 79.9. The quantitative estimate of drug-likeness (QED) is 0.675. The molecule has 0 heterocycles. The summed E-state index contributed by atoms with van der Waals surface area (Å²) in [5.41, 5.74) is 3.75. The van der Waals surface area contributed by atoms with Gasteiger partial charge in [0.2, 0.25) is 0 Å². The molecule has 0 aliphatic carbocycles. The van der Waals surface area contributed by atoms with E-state index in [0.29, 0.717) is 5.56 Å². The van der Waals surface area contributed by atoms with E-state index < -0.39 is 0 Å². The van der Waals surface area contributed by atoms with Gasteiger partial charge in [0.05, 0.1) is 6.21 Å². The van der Waals surface area contributed by atoms with E-state index >= 15 is 0 Å². The number of benzene rings is 2. The Morgan fingerprint density at radius 2 is 1.95 bits per heavy atom. The molecule has 2 rings (SSSR count). The topological polar surface area (TPSA) is 61.7 Å². The summed E-state index contributed by atoms with van der Waals surface area (Å²) >= 11 is 3.30. The molecule has 2 N–H and O–H groups in total. The van der Waals surface area contributed by atoms with Crippen LogP contribution in [0.4, 0.5) is 0 Å². The van der Waals surface area contributed by atoms with Crippen LogP contribution in [0, 0.1) is 0 Å². The highest BCUT2D eigenvalue weighted by Crippen LogP contribution is 2.11. The predicted molar refractivity (Wildman–Crippen MR) is 77.3 cm³/mol.